The van der Waals surface area contributed by atoms with Gasteiger partial charge in [-0.3, -0.25) is 9.69 Å². The van der Waals surface area contributed by atoms with Crippen LogP contribution in [0.25, 0.3) is 0 Å². The molecule has 5 rings (SSSR count). The fourth-order valence-electron chi connectivity index (χ4n) is 5.47. The summed E-state index contributed by atoms with van der Waals surface area (Å²) in [6, 6.07) is 30.1. The molecule has 2 heterocycles. The van der Waals surface area contributed by atoms with Crippen LogP contribution in [0.4, 0.5) is 0 Å². The SMILES string of the molecule is O=C1[C@@H](C(O)(c2ccccc2)c2ccccc2)CC[C@H]2CN(Cc3ccccc3)CCN12. The van der Waals surface area contributed by atoms with Crippen molar-refractivity contribution in [3.63, 3.8) is 0 Å². The van der Waals surface area contributed by atoms with Crippen molar-refractivity contribution < 1.29 is 9.90 Å². The van der Waals surface area contributed by atoms with Crippen LogP contribution in [0.3, 0.4) is 0 Å². The van der Waals surface area contributed by atoms with Crippen molar-refractivity contribution in [1.82, 2.24) is 9.80 Å². The van der Waals surface area contributed by atoms with Crippen LogP contribution in [0.15, 0.2) is 91.0 Å². The Labute approximate surface area is 190 Å². The van der Waals surface area contributed by atoms with Gasteiger partial charge in [0, 0.05) is 32.2 Å². The fraction of sp³-hybridized carbons (Fsp3) is 0.321. The summed E-state index contributed by atoms with van der Waals surface area (Å²) in [4.78, 5) is 18.2. The third-order valence-corrected chi connectivity index (χ3v) is 7.12. The zero-order valence-electron chi connectivity index (χ0n) is 18.3. The lowest BCUT2D eigenvalue weighted by molar-refractivity contribution is -0.155. The van der Waals surface area contributed by atoms with E-state index in [1.807, 2.05) is 71.6 Å². The van der Waals surface area contributed by atoms with E-state index in [4.69, 9.17) is 0 Å². The van der Waals surface area contributed by atoms with Crippen molar-refractivity contribution in [2.75, 3.05) is 19.6 Å². The van der Waals surface area contributed by atoms with Gasteiger partial charge in [-0.05, 0) is 29.5 Å². The number of aliphatic hydroxyl groups is 1. The molecule has 2 fully saturated rings. The molecule has 1 amide bonds. The van der Waals surface area contributed by atoms with Crippen LogP contribution in [-0.4, -0.2) is 46.5 Å². The number of benzene rings is 3. The van der Waals surface area contributed by atoms with Crippen molar-refractivity contribution in [2.45, 2.75) is 31.0 Å². The number of piperazine rings is 1. The Kier molecular flexibility index (Phi) is 5.81. The minimum absolute atomic E-state index is 0.0795. The number of hydrogen-bond acceptors (Lipinski definition) is 3. The van der Waals surface area contributed by atoms with Gasteiger partial charge in [0.1, 0.15) is 5.60 Å². The summed E-state index contributed by atoms with van der Waals surface area (Å²) in [5, 5.41) is 12.1. The normalized spacial score (nSPS) is 21.9. The Balaban J connectivity index is 1.38. The number of fused-ring (bicyclic) bond motifs is 1. The molecule has 0 unspecified atom stereocenters. The van der Waals surface area contributed by atoms with E-state index in [1.54, 1.807) is 0 Å². The number of amides is 1. The van der Waals surface area contributed by atoms with Gasteiger partial charge < -0.3 is 10.0 Å². The first kappa shape index (κ1) is 20.9. The zero-order valence-corrected chi connectivity index (χ0v) is 18.3. The summed E-state index contributed by atoms with van der Waals surface area (Å²) in [7, 11) is 0. The smallest absolute Gasteiger partial charge is 0.229 e. The molecule has 2 aliphatic rings. The summed E-state index contributed by atoms with van der Waals surface area (Å²) in [5.41, 5.74) is 1.55. The Morgan fingerprint density at radius 1 is 0.781 bits per heavy atom. The highest BCUT2D eigenvalue weighted by Crippen LogP contribution is 2.43. The molecule has 4 heteroatoms. The molecular weight excluding hydrogens is 396 g/mol. The van der Waals surface area contributed by atoms with E-state index in [2.05, 4.69) is 29.2 Å². The summed E-state index contributed by atoms with van der Waals surface area (Å²) in [6.45, 7) is 3.38. The van der Waals surface area contributed by atoms with Crippen molar-refractivity contribution in [3.05, 3.63) is 108 Å². The Morgan fingerprint density at radius 2 is 1.34 bits per heavy atom. The first-order chi connectivity index (χ1) is 15.7. The van der Waals surface area contributed by atoms with Gasteiger partial charge in [-0.1, -0.05) is 91.0 Å². The maximum atomic E-state index is 13.8. The maximum absolute atomic E-state index is 13.8. The Hall–Kier alpha value is -2.95. The van der Waals surface area contributed by atoms with Gasteiger partial charge in [-0.2, -0.15) is 0 Å². The molecule has 0 saturated carbocycles. The molecule has 3 aromatic carbocycles. The van der Waals surface area contributed by atoms with Crippen LogP contribution < -0.4 is 0 Å². The molecule has 1 N–H and O–H groups in total. The minimum atomic E-state index is -1.33. The van der Waals surface area contributed by atoms with Crippen LogP contribution in [0, 0.1) is 5.92 Å². The molecule has 0 aliphatic carbocycles. The molecule has 32 heavy (non-hydrogen) atoms. The lowest BCUT2D eigenvalue weighted by Gasteiger charge is -2.49. The van der Waals surface area contributed by atoms with Gasteiger partial charge in [0.25, 0.3) is 0 Å². The fourth-order valence-corrected chi connectivity index (χ4v) is 5.47. The largest absolute Gasteiger partial charge is 0.380 e. The molecule has 2 saturated heterocycles. The van der Waals surface area contributed by atoms with Gasteiger partial charge in [0.2, 0.25) is 5.91 Å². The maximum Gasteiger partial charge on any atom is 0.229 e. The first-order valence-electron chi connectivity index (χ1n) is 11.6. The van der Waals surface area contributed by atoms with Gasteiger partial charge in [-0.25, -0.2) is 0 Å². The van der Waals surface area contributed by atoms with Crippen LogP contribution in [0.5, 0.6) is 0 Å². The van der Waals surface area contributed by atoms with Crippen LogP contribution >= 0.6 is 0 Å². The van der Waals surface area contributed by atoms with Crippen molar-refractivity contribution in [2.24, 2.45) is 5.92 Å². The molecular formula is C28H30N2O2. The monoisotopic (exact) mass is 426 g/mol. The van der Waals surface area contributed by atoms with Crippen molar-refractivity contribution >= 4 is 5.91 Å². The van der Waals surface area contributed by atoms with Gasteiger partial charge >= 0.3 is 0 Å². The number of rotatable bonds is 5. The molecule has 0 aromatic heterocycles. The van der Waals surface area contributed by atoms with E-state index in [1.165, 1.54) is 5.56 Å². The predicted octanol–water partition coefficient (Wildman–Crippen LogP) is 4.05. The second kappa shape index (κ2) is 8.89. The molecule has 4 nitrogen and oxygen atoms in total. The van der Waals surface area contributed by atoms with E-state index in [0.717, 1.165) is 37.2 Å². The van der Waals surface area contributed by atoms with E-state index in [-0.39, 0.29) is 11.9 Å². The number of carbonyl (C=O) groups excluding carboxylic acids is 1. The molecule has 3 aromatic rings. The highest BCUT2D eigenvalue weighted by atomic mass is 16.3. The van der Waals surface area contributed by atoms with Crippen molar-refractivity contribution in [3.8, 4) is 0 Å². The van der Waals surface area contributed by atoms with Gasteiger partial charge in [-0.15, -0.1) is 0 Å². The molecule has 0 radical (unpaired) electrons. The van der Waals surface area contributed by atoms with Gasteiger partial charge in [0.05, 0.1) is 5.92 Å². The highest BCUT2D eigenvalue weighted by Gasteiger charge is 2.50. The minimum Gasteiger partial charge on any atom is -0.380 e. The molecule has 2 atom stereocenters. The average Bonchev–Trinajstić information content (AvgIpc) is 2.85. The number of carbonyl (C=O) groups is 1. The average molecular weight is 427 g/mol. The zero-order chi connectivity index (χ0) is 22.0. The number of nitrogens with zero attached hydrogens (tertiary/aromatic N) is 2. The molecule has 0 spiro atoms. The Bertz CT molecular complexity index is 999. The second-order valence-electron chi connectivity index (χ2n) is 9.03. The Morgan fingerprint density at radius 3 is 1.94 bits per heavy atom. The quantitative estimate of drug-likeness (QED) is 0.670. The molecule has 164 valence electrons. The van der Waals surface area contributed by atoms with Crippen LogP contribution in [0.2, 0.25) is 0 Å². The lowest BCUT2D eigenvalue weighted by Crippen LogP contribution is -2.61. The highest BCUT2D eigenvalue weighted by molar-refractivity contribution is 5.82. The van der Waals surface area contributed by atoms with E-state index < -0.39 is 11.5 Å². The topological polar surface area (TPSA) is 43.8 Å². The van der Waals surface area contributed by atoms with Crippen LogP contribution in [-0.2, 0) is 16.9 Å². The van der Waals surface area contributed by atoms with Gasteiger partial charge in [0.15, 0.2) is 0 Å². The summed E-state index contributed by atoms with van der Waals surface area (Å²) < 4.78 is 0. The third-order valence-electron chi connectivity index (χ3n) is 7.12. The van der Waals surface area contributed by atoms with Crippen molar-refractivity contribution in [1.29, 1.82) is 0 Å². The van der Waals surface area contributed by atoms with E-state index in [9.17, 15) is 9.90 Å². The number of hydrogen-bond donors (Lipinski definition) is 1. The summed E-state index contributed by atoms with van der Waals surface area (Å²) >= 11 is 0. The first-order valence-corrected chi connectivity index (χ1v) is 11.6. The lowest BCUT2D eigenvalue weighted by atomic mass is 9.71. The van der Waals surface area contributed by atoms with Crippen LogP contribution in [0.1, 0.15) is 29.5 Å². The van der Waals surface area contributed by atoms with E-state index >= 15 is 0 Å². The third kappa shape index (κ3) is 3.85. The molecule has 2 aliphatic heterocycles. The summed E-state index contributed by atoms with van der Waals surface area (Å²) in [6.07, 6.45) is 1.59. The summed E-state index contributed by atoms with van der Waals surface area (Å²) in [5.74, 6) is -0.403. The number of piperidine rings is 1. The van der Waals surface area contributed by atoms with E-state index in [0.29, 0.717) is 13.0 Å². The predicted molar refractivity (Wildman–Crippen MR) is 126 cm³/mol. The standard InChI is InChI=1S/C28H30N2O2/c31-27-26(28(32,23-12-6-2-7-13-23)24-14-8-3-9-15-24)17-16-25-21-29(18-19-30(25)27)20-22-10-4-1-5-11-22/h1-15,25-26,32H,16-21H2/t25-,26-/m0/s1. The second-order valence-corrected chi connectivity index (χ2v) is 9.03. The molecule has 0 bridgehead atoms.